The van der Waals surface area contributed by atoms with Crippen LogP contribution in [0.4, 0.5) is 0 Å². The number of benzene rings is 8. The molecule has 0 spiro atoms. The van der Waals surface area contributed by atoms with E-state index in [-0.39, 0.29) is 5.78 Å². The molecular formula is C56H37BrN2O2. The van der Waals surface area contributed by atoms with E-state index in [9.17, 15) is 9.90 Å². The zero-order valence-electron chi connectivity index (χ0n) is 32.9. The zero-order chi connectivity index (χ0) is 41.3. The van der Waals surface area contributed by atoms with Gasteiger partial charge in [-0.25, -0.2) is 9.97 Å². The number of para-hydroxylation sites is 2. The Balaban J connectivity index is 0.000000121. The topological polar surface area (TPSA) is 63.1 Å². The molecule has 61 heavy (non-hydrogen) atoms. The van der Waals surface area contributed by atoms with E-state index < -0.39 is 5.60 Å². The lowest BCUT2D eigenvalue weighted by atomic mass is 9.81. The molecule has 0 saturated heterocycles. The molecular weight excluding hydrogens is 813 g/mol. The van der Waals surface area contributed by atoms with Crippen LogP contribution in [0.2, 0.25) is 0 Å². The second-order valence-electron chi connectivity index (χ2n) is 15.0. The van der Waals surface area contributed by atoms with Crippen molar-refractivity contribution in [3.63, 3.8) is 0 Å². The highest BCUT2D eigenvalue weighted by Crippen LogP contribution is 2.52. The summed E-state index contributed by atoms with van der Waals surface area (Å²) in [6, 6.07) is 72.6. The summed E-state index contributed by atoms with van der Waals surface area (Å²) in [5, 5.41) is 14.6. The molecule has 0 amide bonds. The maximum absolute atomic E-state index is 12.4. The zero-order valence-corrected chi connectivity index (χ0v) is 34.5. The summed E-state index contributed by atoms with van der Waals surface area (Å²) in [7, 11) is 0. The van der Waals surface area contributed by atoms with E-state index in [1.165, 1.54) is 0 Å². The molecule has 0 atom stereocenters. The van der Waals surface area contributed by atoms with Crippen molar-refractivity contribution in [1.82, 2.24) is 9.97 Å². The van der Waals surface area contributed by atoms with Crippen LogP contribution >= 0.6 is 15.9 Å². The molecule has 0 aliphatic heterocycles. The van der Waals surface area contributed by atoms with Crippen LogP contribution in [0.5, 0.6) is 0 Å². The first-order valence-corrected chi connectivity index (χ1v) is 21.0. The molecule has 0 fully saturated rings. The third-order valence-electron chi connectivity index (χ3n) is 11.4. The van der Waals surface area contributed by atoms with Gasteiger partial charge >= 0.3 is 0 Å². The van der Waals surface area contributed by atoms with E-state index in [2.05, 4.69) is 76.6 Å². The summed E-state index contributed by atoms with van der Waals surface area (Å²) in [5.41, 5.74) is 13.1. The number of nitrogens with zero attached hydrogens (tertiary/aromatic N) is 2. The van der Waals surface area contributed by atoms with Crippen molar-refractivity contribution in [1.29, 1.82) is 0 Å². The molecule has 2 heterocycles. The Hall–Kier alpha value is -7.31. The molecule has 0 bridgehead atoms. The average molecular weight is 850 g/mol. The third kappa shape index (κ3) is 6.84. The van der Waals surface area contributed by atoms with Gasteiger partial charge in [0.25, 0.3) is 0 Å². The molecule has 2 aliphatic carbocycles. The van der Waals surface area contributed by atoms with Gasteiger partial charge in [-0.2, -0.15) is 0 Å². The third-order valence-corrected chi connectivity index (χ3v) is 12.0. The Morgan fingerprint density at radius 1 is 0.377 bits per heavy atom. The summed E-state index contributed by atoms with van der Waals surface area (Å²) in [6.07, 6.45) is 0. The van der Waals surface area contributed by atoms with Crippen LogP contribution in [0.3, 0.4) is 0 Å². The molecule has 0 radical (unpaired) electrons. The van der Waals surface area contributed by atoms with Gasteiger partial charge in [0.1, 0.15) is 5.60 Å². The minimum atomic E-state index is -1.27. The Kier molecular flexibility index (Phi) is 9.97. The van der Waals surface area contributed by atoms with Gasteiger partial charge in [0.15, 0.2) is 5.78 Å². The van der Waals surface area contributed by atoms with Gasteiger partial charge in [-0.1, -0.05) is 194 Å². The number of carbonyl (C=O) groups is 1. The number of aliphatic hydroxyl groups is 1. The van der Waals surface area contributed by atoms with Crippen LogP contribution in [-0.4, -0.2) is 20.9 Å². The van der Waals surface area contributed by atoms with Gasteiger partial charge in [0.05, 0.1) is 22.4 Å². The second-order valence-corrected chi connectivity index (χ2v) is 15.9. The van der Waals surface area contributed by atoms with E-state index >= 15 is 0 Å². The number of carbonyl (C=O) groups excluding carboxylic acids is 1. The van der Waals surface area contributed by atoms with E-state index in [0.717, 1.165) is 98.9 Å². The number of halogens is 1. The van der Waals surface area contributed by atoms with Crippen molar-refractivity contribution < 1.29 is 9.90 Å². The number of aromatic nitrogens is 2. The van der Waals surface area contributed by atoms with Crippen molar-refractivity contribution in [3.05, 3.63) is 251 Å². The van der Waals surface area contributed by atoms with Crippen LogP contribution in [0.25, 0.3) is 66.6 Å². The highest BCUT2D eigenvalue weighted by molar-refractivity contribution is 9.10. The van der Waals surface area contributed by atoms with Gasteiger partial charge in [0, 0.05) is 54.2 Å². The fraction of sp³-hybridized carbons (Fsp3) is 0.0179. The molecule has 1 N–H and O–H groups in total. The van der Waals surface area contributed by atoms with Crippen molar-refractivity contribution in [2.75, 3.05) is 0 Å². The summed E-state index contributed by atoms with van der Waals surface area (Å²) < 4.78 is 1.03. The van der Waals surface area contributed by atoms with E-state index in [4.69, 9.17) is 9.97 Å². The van der Waals surface area contributed by atoms with Crippen LogP contribution in [0, 0.1) is 0 Å². The first-order valence-electron chi connectivity index (χ1n) is 20.2. The van der Waals surface area contributed by atoms with Crippen LogP contribution in [0.1, 0.15) is 32.6 Å². The molecule has 4 nitrogen and oxygen atoms in total. The fourth-order valence-corrected chi connectivity index (χ4v) is 9.14. The molecule has 290 valence electrons. The molecule has 12 rings (SSSR count). The van der Waals surface area contributed by atoms with Crippen LogP contribution in [-0.2, 0) is 5.60 Å². The molecule has 10 aromatic rings. The lowest BCUT2D eigenvalue weighted by molar-refractivity contribution is 0.104. The molecule has 5 heteroatoms. The standard InChI is InChI=1S/C28H19NO.C15H10BrN.C13H8O/c30-28(23-15-7-5-13-21(23)22-14-6-8-16-24(22)28)25-18-20-12-4-9-17-26(20)29-27(25)19-10-2-1-3-11-19;16-13-10-12-8-4-5-9-14(12)17-15(13)11-6-2-1-3-7-11;14-13-11-7-3-1-5-9(11)10-6-2-4-8-12(10)13/h1-18,30H;1-10H;1-8H. The molecule has 8 aromatic carbocycles. The number of ketones is 1. The number of pyridine rings is 2. The minimum absolute atomic E-state index is 0.149. The van der Waals surface area contributed by atoms with Crippen molar-refractivity contribution in [2.24, 2.45) is 0 Å². The lowest BCUT2D eigenvalue weighted by Crippen LogP contribution is -2.27. The predicted octanol–water partition coefficient (Wildman–Crippen LogP) is 13.7. The van der Waals surface area contributed by atoms with Crippen molar-refractivity contribution in [2.45, 2.75) is 5.60 Å². The maximum atomic E-state index is 12.4. The Bertz CT molecular complexity index is 3160. The van der Waals surface area contributed by atoms with Gasteiger partial charge in [-0.3, -0.25) is 4.79 Å². The summed E-state index contributed by atoms with van der Waals surface area (Å²) in [6.45, 7) is 0. The Morgan fingerprint density at radius 3 is 1.28 bits per heavy atom. The quantitative estimate of drug-likeness (QED) is 0.192. The number of hydrogen-bond donors (Lipinski definition) is 1. The average Bonchev–Trinajstić information content (AvgIpc) is 3.77. The largest absolute Gasteiger partial charge is 0.376 e. The first kappa shape index (κ1) is 37.9. The molecule has 2 aromatic heterocycles. The summed E-state index contributed by atoms with van der Waals surface area (Å²) >= 11 is 3.59. The monoisotopic (exact) mass is 848 g/mol. The number of fused-ring (bicyclic) bond motifs is 8. The van der Waals surface area contributed by atoms with Crippen molar-refractivity contribution in [3.8, 4) is 44.8 Å². The highest BCUT2D eigenvalue weighted by Gasteiger charge is 2.44. The predicted molar refractivity (Wildman–Crippen MR) is 251 cm³/mol. The van der Waals surface area contributed by atoms with Gasteiger partial charge in [-0.05, 0) is 62.4 Å². The van der Waals surface area contributed by atoms with Gasteiger partial charge < -0.3 is 5.11 Å². The molecule has 2 aliphatic rings. The summed E-state index contributed by atoms with van der Waals surface area (Å²) in [4.78, 5) is 21.6. The second kappa shape index (κ2) is 16.0. The van der Waals surface area contributed by atoms with Crippen molar-refractivity contribution >= 4 is 43.5 Å². The minimum Gasteiger partial charge on any atom is -0.376 e. The van der Waals surface area contributed by atoms with Crippen LogP contribution < -0.4 is 0 Å². The Labute approximate surface area is 362 Å². The molecule has 0 unspecified atom stereocenters. The van der Waals surface area contributed by atoms with Crippen LogP contribution in [0.15, 0.2) is 223 Å². The van der Waals surface area contributed by atoms with Gasteiger partial charge in [0.2, 0.25) is 0 Å². The van der Waals surface area contributed by atoms with E-state index in [1.54, 1.807) is 0 Å². The van der Waals surface area contributed by atoms with E-state index in [1.807, 2.05) is 158 Å². The fourth-order valence-electron chi connectivity index (χ4n) is 8.58. The maximum Gasteiger partial charge on any atom is 0.194 e. The van der Waals surface area contributed by atoms with E-state index in [0.29, 0.717) is 0 Å². The Morgan fingerprint density at radius 2 is 0.754 bits per heavy atom. The molecule has 0 saturated carbocycles. The highest BCUT2D eigenvalue weighted by atomic mass is 79.9. The van der Waals surface area contributed by atoms with Gasteiger partial charge in [-0.15, -0.1) is 0 Å². The first-order chi connectivity index (χ1) is 30.0. The normalized spacial score (nSPS) is 12.6. The number of rotatable bonds is 3. The lowest BCUT2D eigenvalue weighted by Gasteiger charge is -2.29. The summed E-state index contributed by atoms with van der Waals surface area (Å²) in [5.74, 6) is 0.149. The smallest absolute Gasteiger partial charge is 0.194 e. The number of hydrogen-bond acceptors (Lipinski definition) is 4. The SMILES string of the molecule is Brc1cc2ccccc2nc1-c1ccccc1.O=C1c2ccccc2-c2ccccc21.OC1(c2cc3ccccc3nc2-c2ccccc2)c2ccccc2-c2ccccc21.